The molecule has 17 heavy (non-hydrogen) atoms. The molecule has 0 aliphatic carbocycles. The average Bonchev–Trinajstić information content (AvgIpc) is 2.32. The minimum atomic E-state index is 0.500. The molecule has 0 aliphatic rings. The first-order chi connectivity index (χ1) is 8.10. The second kappa shape index (κ2) is 7.25. The van der Waals surface area contributed by atoms with E-state index >= 15 is 0 Å². The molecule has 0 aliphatic heterocycles. The second-order valence-electron chi connectivity index (χ2n) is 4.46. The molecule has 1 aromatic carbocycles. The highest BCUT2D eigenvalue weighted by atomic mass is 35.5. The van der Waals surface area contributed by atoms with Crippen LogP contribution in [0.15, 0.2) is 18.2 Å². The normalized spacial score (nSPS) is 13.1. The third-order valence-electron chi connectivity index (χ3n) is 3.40. The highest BCUT2D eigenvalue weighted by Gasteiger charge is 2.13. The number of benzene rings is 1. The van der Waals surface area contributed by atoms with Crippen LogP contribution in [0.25, 0.3) is 0 Å². The number of hydrogen-bond donors (Lipinski definition) is 1. The lowest BCUT2D eigenvalue weighted by Gasteiger charge is -2.23. The van der Waals surface area contributed by atoms with Crippen molar-refractivity contribution in [3.63, 3.8) is 0 Å². The van der Waals surface area contributed by atoms with Crippen molar-refractivity contribution in [2.45, 2.75) is 46.2 Å². The Morgan fingerprint density at radius 2 is 1.82 bits per heavy atom. The van der Waals surface area contributed by atoms with Gasteiger partial charge in [-0.05, 0) is 24.5 Å². The lowest BCUT2D eigenvalue weighted by atomic mass is 9.95. The molecule has 0 fully saturated rings. The van der Waals surface area contributed by atoms with Gasteiger partial charge in [-0.1, -0.05) is 62.0 Å². The summed E-state index contributed by atoms with van der Waals surface area (Å²) >= 11 is 12.1. The summed E-state index contributed by atoms with van der Waals surface area (Å²) in [6.45, 7) is 7.48. The van der Waals surface area contributed by atoms with E-state index in [-0.39, 0.29) is 0 Å². The van der Waals surface area contributed by atoms with Crippen LogP contribution in [0.4, 0.5) is 0 Å². The monoisotopic (exact) mass is 273 g/mol. The van der Waals surface area contributed by atoms with Gasteiger partial charge < -0.3 is 5.32 Å². The van der Waals surface area contributed by atoms with Gasteiger partial charge in [-0.15, -0.1) is 0 Å². The SMILES string of the molecule is CCC(CC)C(C)NCc1cccc(Cl)c1Cl. The highest BCUT2D eigenvalue weighted by molar-refractivity contribution is 6.42. The lowest BCUT2D eigenvalue weighted by molar-refractivity contribution is 0.353. The van der Waals surface area contributed by atoms with E-state index in [1.165, 1.54) is 12.8 Å². The molecule has 0 aromatic heterocycles. The Kier molecular flexibility index (Phi) is 6.32. The first-order valence-electron chi connectivity index (χ1n) is 6.26. The number of nitrogens with one attached hydrogen (secondary N) is 1. The molecule has 0 radical (unpaired) electrons. The van der Waals surface area contributed by atoms with Gasteiger partial charge in [-0.3, -0.25) is 0 Å². The minimum absolute atomic E-state index is 0.500. The van der Waals surface area contributed by atoms with Crippen molar-refractivity contribution < 1.29 is 0 Å². The van der Waals surface area contributed by atoms with E-state index < -0.39 is 0 Å². The Labute approximate surface area is 115 Å². The van der Waals surface area contributed by atoms with Crippen LogP contribution < -0.4 is 5.32 Å². The smallest absolute Gasteiger partial charge is 0.0637 e. The van der Waals surface area contributed by atoms with Crippen LogP contribution in [0.3, 0.4) is 0 Å². The maximum atomic E-state index is 6.15. The van der Waals surface area contributed by atoms with Gasteiger partial charge in [-0.2, -0.15) is 0 Å². The van der Waals surface area contributed by atoms with Gasteiger partial charge in [0.05, 0.1) is 10.0 Å². The molecule has 1 nitrogen and oxygen atoms in total. The molecule has 0 heterocycles. The predicted octanol–water partition coefficient (Wildman–Crippen LogP) is 4.91. The lowest BCUT2D eigenvalue weighted by Crippen LogP contribution is -2.32. The van der Waals surface area contributed by atoms with E-state index in [2.05, 4.69) is 26.1 Å². The summed E-state index contributed by atoms with van der Waals surface area (Å²) < 4.78 is 0. The van der Waals surface area contributed by atoms with Crippen molar-refractivity contribution >= 4 is 23.2 Å². The van der Waals surface area contributed by atoms with E-state index in [1.807, 2.05) is 18.2 Å². The standard InChI is InChI=1S/C14H21Cl2N/c1-4-11(5-2)10(3)17-9-12-7-6-8-13(15)14(12)16/h6-8,10-11,17H,4-5,9H2,1-3H3. The molecule has 1 atom stereocenters. The first-order valence-corrected chi connectivity index (χ1v) is 7.02. The molecule has 0 saturated carbocycles. The average molecular weight is 274 g/mol. The fourth-order valence-electron chi connectivity index (χ4n) is 2.12. The summed E-state index contributed by atoms with van der Waals surface area (Å²) in [7, 11) is 0. The van der Waals surface area contributed by atoms with Crippen LogP contribution in [0.5, 0.6) is 0 Å². The summed E-state index contributed by atoms with van der Waals surface area (Å²) in [5, 5.41) is 4.82. The van der Waals surface area contributed by atoms with Gasteiger partial charge in [0.25, 0.3) is 0 Å². The van der Waals surface area contributed by atoms with E-state index in [1.54, 1.807) is 0 Å². The summed E-state index contributed by atoms with van der Waals surface area (Å²) in [6.07, 6.45) is 2.40. The molecule has 0 bridgehead atoms. The number of halogens is 2. The summed E-state index contributed by atoms with van der Waals surface area (Å²) in [6, 6.07) is 6.27. The third-order valence-corrected chi connectivity index (χ3v) is 4.26. The van der Waals surface area contributed by atoms with Crippen molar-refractivity contribution in [2.24, 2.45) is 5.92 Å². The quantitative estimate of drug-likeness (QED) is 0.777. The van der Waals surface area contributed by atoms with Gasteiger partial charge >= 0.3 is 0 Å². The van der Waals surface area contributed by atoms with Gasteiger partial charge in [0.15, 0.2) is 0 Å². The van der Waals surface area contributed by atoms with Crippen LogP contribution in [-0.4, -0.2) is 6.04 Å². The molecule has 96 valence electrons. The maximum absolute atomic E-state index is 6.15. The van der Waals surface area contributed by atoms with Gasteiger partial charge in [0.1, 0.15) is 0 Å². The maximum Gasteiger partial charge on any atom is 0.0637 e. The zero-order valence-corrected chi connectivity index (χ0v) is 12.3. The first kappa shape index (κ1) is 14.8. The Bertz CT molecular complexity index is 348. The molecular formula is C14H21Cl2N. The van der Waals surface area contributed by atoms with Crippen molar-refractivity contribution in [1.82, 2.24) is 5.32 Å². The Morgan fingerprint density at radius 1 is 1.18 bits per heavy atom. The Balaban J connectivity index is 2.58. The summed E-state index contributed by atoms with van der Waals surface area (Å²) in [4.78, 5) is 0. The van der Waals surface area contributed by atoms with Crippen LogP contribution in [-0.2, 0) is 6.54 Å². The van der Waals surface area contributed by atoms with Crippen LogP contribution >= 0.6 is 23.2 Å². The number of hydrogen-bond acceptors (Lipinski definition) is 1. The molecule has 3 heteroatoms. The molecule has 1 unspecified atom stereocenters. The van der Waals surface area contributed by atoms with Gasteiger partial charge in [0, 0.05) is 12.6 Å². The Hall–Kier alpha value is -0.240. The zero-order chi connectivity index (χ0) is 12.8. The Morgan fingerprint density at radius 3 is 2.41 bits per heavy atom. The van der Waals surface area contributed by atoms with E-state index in [0.717, 1.165) is 12.1 Å². The molecule has 1 N–H and O–H groups in total. The summed E-state index contributed by atoms with van der Waals surface area (Å²) in [5.74, 6) is 0.716. The molecule has 0 saturated heterocycles. The molecule has 0 amide bonds. The largest absolute Gasteiger partial charge is 0.310 e. The fourth-order valence-corrected chi connectivity index (χ4v) is 2.51. The third kappa shape index (κ3) is 4.17. The molecule has 1 aromatic rings. The topological polar surface area (TPSA) is 12.0 Å². The molecular weight excluding hydrogens is 253 g/mol. The van der Waals surface area contributed by atoms with Crippen LogP contribution in [0, 0.1) is 5.92 Å². The molecule has 1 rings (SSSR count). The van der Waals surface area contributed by atoms with Crippen LogP contribution in [0.1, 0.15) is 39.2 Å². The highest BCUT2D eigenvalue weighted by Crippen LogP contribution is 2.25. The van der Waals surface area contributed by atoms with Crippen molar-refractivity contribution in [3.8, 4) is 0 Å². The number of rotatable bonds is 6. The van der Waals surface area contributed by atoms with E-state index in [9.17, 15) is 0 Å². The minimum Gasteiger partial charge on any atom is -0.310 e. The fraction of sp³-hybridized carbons (Fsp3) is 0.571. The van der Waals surface area contributed by atoms with Crippen LogP contribution in [0.2, 0.25) is 10.0 Å². The van der Waals surface area contributed by atoms with Crippen molar-refractivity contribution in [3.05, 3.63) is 33.8 Å². The predicted molar refractivity (Wildman–Crippen MR) is 76.8 cm³/mol. The van der Waals surface area contributed by atoms with Crippen molar-refractivity contribution in [2.75, 3.05) is 0 Å². The van der Waals surface area contributed by atoms with Crippen molar-refractivity contribution in [1.29, 1.82) is 0 Å². The molecule has 0 spiro atoms. The van der Waals surface area contributed by atoms with Gasteiger partial charge in [0.2, 0.25) is 0 Å². The second-order valence-corrected chi connectivity index (χ2v) is 5.24. The van der Waals surface area contributed by atoms with E-state index in [4.69, 9.17) is 23.2 Å². The summed E-state index contributed by atoms with van der Waals surface area (Å²) in [5.41, 5.74) is 1.07. The van der Waals surface area contributed by atoms with Gasteiger partial charge in [-0.25, -0.2) is 0 Å². The zero-order valence-electron chi connectivity index (χ0n) is 10.8. The van der Waals surface area contributed by atoms with E-state index in [0.29, 0.717) is 22.0 Å².